The van der Waals surface area contributed by atoms with Crippen molar-refractivity contribution in [2.45, 2.75) is 32.3 Å². The third-order valence-electron chi connectivity index (χ3n) is 3.79. The van der Waals surface area contributed by atoms with E-state index < -0.39 is 0 Å². The van der Waals surface area contributed by atoms with E-state index in [1.165, 1.54) is 11.3 Å². The Balaban J connectivity index is 1.52. The first kappa shape index (κ1) is 21.2. The van der Waals surface area contributed by atoms with Crippen LogP contribution in [0.3, 0.4) is 0 Å². The van der Waals surface area contributed by atoms with Crippen LogP contribution < -0.4 is 15.4 Å². The van der Waals surface area contributed by atoms with Crippen LogP contribution in [-0.4, -0.2) is 33.3 Å². The van der Waals surface area contributed by atoms with Crippen molar-refractivity contribution in [2.75, 3.05) is 23.0 Å². The average molecular weight is 432 g/mol. The van der Waals surface area contributed by atoms with Crippen LogP contribution in [0.2, 0.25) is 0 Å². The van der Waals surface area contributed by atoms with E-state index in [4.69, 9.17) is 4.74 Å². The van der Waals surface area contributed by atoms with Crippen molar-refractivity contribution in [1.29, 1.82) is 0 Å². The zero-order valence-electron chi connectivity index (χ0n) is 16.7. The minimum Gasteiger partial charge on any atom is -0.491 e. The molecule has 0 saturated heterocycles. The number of carbonyl (C=O) groups excluding carboxylic acids is 1. The predicted octanol–water partition coefficient (Wildman–Crippen LogP) is 5.19. The Morgan fingerprint density at radius 2 is 2.17 bits per heavy atom. The molecule has 3 aromatic rings. The van der Waals surface area contributed by atoms with Crippen LogP contribution in [0, 0.1) is 12.8 Å². The van der Waals surface area contributed by atoms with Crippen LogP contribution in [0.25, 0.3) is 0 Å². The lowest BCUT2D eigenvalue weighted by atomic mass is 10.2. The highest BCUT2D eigenvalue weighted by atomic mass is 32.2. The summed E-state index contributed by atoms with van der Waals surface area (Å²) in [6.07, 6.45) is 6.20. The molecule has 0 saturated carbocycles. The smallest absolute Gasteiger partial charge is 0.325 e. The maximum absolute atomic E-state index is 12.4. The van der Waals surface area contributed by atoms with Crippen LogP contribution in [0.5, 0.6) is 5.75 Å². The number of anilines is 2. The minimum atomic E-state index is -0.339. The molecule has 0 aliphatic rings. The summed E-state index contributed by atoms with van der Waals surface area (Å²) in [6, 6.07) is 5.38. The molecule has 154 valence electrons. The molecule has 0 bridgehead atoms. The van der Waals surface area contributed by atoms with E-state index in [2.05, 4.69) is 39.4 Å². The summed E-state index contributed by atoms with van der Waals surface area (Å²) in [5.41, 5.74) is 1.71. The molecule has 1 aromatic carbocycles. The van der Waals surface area contributed by atoms with Crippen LogP contribution >= 0.6 is 23.1 Å². The highest BCUT2D eigenvalue weighted by Crippen LogP contribution is 2.27. The van der Waals surface area contributed by atoms with Crippen LogP contribution in [0.4, 0.5) is 15.6 Å². The molecule has 0 spiro atoms. The molecule has 2 heterocycles. The Hall–Kier alpha value is -2.52. The van der Waals surface area contributed by atoms with Gasteiger partial charge in [0.2, 0.25) is 0 Å². The third kappa shape index (κ3) is 6.79. The second-order valence-electron chi connectivity index (χ2n) is 6.91. The van der Waals surface area contributed by atoms with Crippen molar-refractivity contribution >= 4 is 39.9 Å². The van der Waals surface area contributed by atoms with Gasteiger partial charge in [0, 0.05) is 29.2 Å². The summed E-state index contributed by atoms with van der Waals surface area (Å²) in [5, 5.41) is 7.12. The number of ether oxygens (including phenoxy) is 1. The van der Waals surface area contributed by atoms with Crippen molar-refractivity contribution in [3.8, 4) is 5.75 Å². The summed E-state index contributed by atoms with van der Waals surface area (Å²) in [6.45, 7) is 6.75. The fraction of sp³-hybridized carbons (Fsp3) is 0.350. The SMILES string of the molecule is Cc1ccc(NC(=O)Nc2ncc(CCSc3ncc[nH]3)s2)c(OCC(C)C)c1. The number of hydrogen-bond acceptors (Lipinski definition) is 6. The first-order chi connectivity index (χ1) is 14.0. The molecule has 0 atom stereocenters. The topological polar surface area (TPSA) is 91.9 Å². The largest absolute Gasteiger partial charge is 0.491 e. The van der Waals surface area contributed by atoms with Crippen LogP contribution in [0.15, 0.2) is 41.9 Å². The third-order valence-corrected chi connectivity index (χ3v) is 5.67. The maximum atomic E-state index is 12.4. The molecule has 0 unspecified atom stereocenters. The van der Waals surface area contributed by atoms with E-state index in [0.29, 0.717) is 29.1 Å². The molecular formula is C20H25N5O2S2. The molecule has 3 rings (SSSR count). The number of urea groups is 1. The minimum absolute atomic E-state index is 0.339. The fourth-order valence-electron chi connectivity index (χ4n) is 2.42. The van der Waals surface area contributed by atoms with Gasteiger partial charge in [-0.15, -0.1) is 11.3 Å². The Kier molecular flexibility index (Phi) is 7.54. The zero-order chi connectivity index (χ0) is 20.6. The summed E-state index contributed by atoms with van der Waals surface area (Å²) in [4.78, 5) is 25.1. The number of aromatic amines is 1. The van der Waals surface area contributed by atoms with Gasteiger partial charge in [-0.2, -0.15) is 0 Å². The van der Waals surface area contributed by atoms with E-state index >= 15 is 0 Å². The summed E-state index contributed by atoms with van der Waals surface area (Å²) in [7, 11) is 0. The number of hydrogen-bond donors (Lipinski definition) is 3. The van der Waals surface area contributed by atoms with E-state index in [9.17, 15) is 4.79 Å². The number of rotatable bonds is 9. The van der Waals surface area contributed by atoms with Crippen LogP contribution in [0.1, 0.15) is 24.3 Å². The van der Waals surface area contributed by atoms with E-state index in [1.807, 2.05) is 31.3 Å². The molecule has 0 radical (unpaired) electrons. The lowest BCUT2D eigenvalue weighted by molar-refractivity contribution is 0.260. The first-order valence-corrected chi connectivity index (χ1v) is 11.2. The molecule has 2 amide bonds. The van der Waals surface area contributed by atoms with Crippen molar-refractivity contribution in [3.05, 3.63) is 47.2 Å². The van der Waals surface area contributed by atoms with Crippen molar-refractivity contribution in [1.82, 2.24) is 15.0 Å². The van der Waals surface area contributed by atoms with E-state index in [1.54, 1.807) is 24.2 Å². The summed E-state index contributed by atoms with van der Waals surface area (Å²) in [5.74, 6) is 1.96. The molecule has 0 aliphatic carbocycles. The number of imidazole rings is 1. The number of nitrogens with one attached hydrogen (secondary N) is 3. The normalized spacial score (nSPS) is 10.9. The number of nitrogens with zero attached hydrogens (tertiary/aromatic N) is 2. The van der Waals surface area contributed by atoms with Crippen molar-refractivity contribution in [3.63, 3.8) is 0 Å². The highest BCUT2D eigenvalue weighted by Gasteiger charge is 2.11. The lowest BCUT2D eigenvalue weighted by Gasteiger charge is -2.14. The summed E-state index contributed by atoms with van der Waals surface area (Å²) < 4.78 is 5.84. The molecule has 7 nitrogen and oxygen atoms in total. The highest BCUT2D eigenvalue weighted by molar-refractivity contribution is 7.99. The van der Waals surface area contributed by atoms with E-state index in [-0.39, 0.29) is 6.03 Å². The maximum Gasteiger partial charge on any atom is 0.325 e. The summed E-state index contributed by atoms with van der Waals surface area (Å²) >= 11 is 3.13. The van der Waals surface area contributed by atoms with Gasteiger partial charge in [-0.05, 0) is 37.0 Å². The number of amides is 2. The quantitative estimate of drug-likeness (QED) is 0.406. The molecule has 3 N–H and O–H groups in total. The zero-order valence-corrected chi connectivity index (χ0v) is 18.3. The predicted molar refractivity (Wildman–Crippen MR) is 119 cm³/mol. The number of benzene rings is 1. The number of H-pyrrole nitrogens is 1. The number of aryl methyl sites for hydroxylation is 2. The van der Waals surface area contributed by atoms with Gasteiger partial charge >= 0.3 is 6.03 Å². The van der Waals surface area contributed by atoms with Crippen molar-refractivity contribution < 1.29 is 9.53 Å². The number of aromatic nitrogens is 3. The van der Waals surface area contributed by atoms with Gasteiger partial charge < -0.3 is 15.0 Å². The second kappa shape index (κ2) is 10.3. The number of thiazole rings is 1. The van der Waals surface area contributed by atoms with Gasteiger partial charge in [0.1, 0.15) is 5.75 Å². The van der Waals surface area contributed by atoms with Gasteiger partial charge in [0.05, 0.1) is 12.3 Å². The fourth-order valence-corrected chi connectivity index (χ4v) is 4.16. The average Bonchev–Trinajstić information content (AvgIpc) is 3.34. The molecule has 0 aliphatic heterocycles. The Morgan fingerprint density at radius 1 is 1.31 bits per heavy atom. The van der Waals surface area contributed by atoms with Gasteiger partial charge in [-0.1, -0.05) is 31.7 Å². The second-order valence-corrected chi connectivity index (χ2v) is 9.11. The first-order valence-electron chi connectivity index (χ1n) is 9.38. The van der Waals surface area contributed by atoms with Gasteiger partial charge in [-0.3, -0.25) is 5.32 Å². The molecule has 29 heavy (non-hydrogen) atoms. The number of carbonyl (C=O) groups is 1. The molecular weight excluding hydrogens is 406 g/mol. The number of thioether (sulfide) groups is 1. The van der Waals surface area contributed by atoms with E-state index in [0.717, 1.165) is 27.8 Å². The van der Waals surface area contributed by atoms with Crippen molar-refractivity contribution in [2.24, 2.45) is 5.92 Å². The van der Waals surface area contributed by atoms with Gasteiger partial charge in [0.25, 0.3) is 0 Å². The van der Waals surface area contributed by atoms with Gasteiger partial charge in [0.15, 0.2) is 10.3 Å². The Labute approximate surface area is 178 Å². The molecule has 2 aromatic heterocycles. The van der Waals surface area contributed by atoms with Crippen LogP contribution in [-0.2, 0) is 6.42 Å². The van der Waals surface area contributed by atoms with Gasteiger partial charge in [-0.25, -0.2) is 14.8 Å². The Bertz CT molecular complexity index is 925. The lowest BCUT2D eigenvalue weighted by Crippen LogP contribution is -2.20. The molecule has 0 fully saturated rings. The monoisotopic (exact) mass is 431 g/mol. The Morgan fingerprint density at radius 3 is 2.93 bits per heavy atom. The standard InChI is InChI=1S/C20H25N5O2S2/c1-13(2)12-27-17-10-14(3)4-5-16(17)24-18(26)25-20-23-11-15(29-20)6-9-28-19-21-7-8-22-19/h4-5,7-8,10-11,13H,6,9,12H2,1-3H3,(H,21,22)(H2,23,24,25,26). The molecule has 9 heteroatoms.